The predicted molar refractivity (Wildman–Crippen MR) is 99.3 cm³/mol. The monoisotopic (exact) mass is 354 g/mol. The number of benzene rings is 1. The Hall–Kier alpha value is -3.03. The average Bonchev–Trinajstić information content (AvgIpc) is 3.28. The molecule has 1 N–H and O–H groups in total. The van der Waals surface area contributed by atoms with Crippen LogP contribution in [-0.2, 0) is 0 Å². The van der Waals surface area contributed by atoms with Crippen LogP contribution in [0.2, 0.25) is 0 Å². The lowest BCUT2D eigenvalue weighted by Gasteiger charge is -2.20. The molecule has 0 saturated carbocycles. The van der Waals surface area contributed by atoms with Gasteiger partial charge in [0.1, 0.15) is 17.3 Å². The lowest BCUT2D eigenvalue weighted by Crippen LogP contribution is -2.26. The maximum atomic E-state index is 5.38. The van der Waals surface area contributed by atoms with E-state index < -0.39 is 0 Å². The standard InChI is InChI=1S/C18H22N6O2/c1-12-20-21-18-5-4-17(22-24(12)18)19-13-6-7-23(11-13)14-8-15(25-2)10-16(9-14)26-3/h4-5,8-10,13H,6-7,11H2,1-3H3,(H,19,22). The Morgan fingerprint density at radius 3 is 2.58 bits per heavy atom. The number of methoxy groups -OCH3 is 2. The average molecular weight is 354 g/mol. The molecule has 0 spiro atoms. The van der Waals surface area contributed by atoms with Gasteiger partial charge in [0.2, 0.25) is 0 Å². The third-order valence-corrected chi connectivity index (χ3v) is 4.66. The van der Waals surface area contributed by atoms with Crippen molar-refractivity contribution in [2.75, 3.05) is 37.5 Å². The molecule has 1 aromatic carbocycles. The molecule has 1 aliphatic rings. The topological polar surface area (TPSA) is 76.8 Å². The van der Waals surface area contributed by atoms with Crippen molar-refractivity contribution in [2.45, 2.75) is 19.4 Å². The smallest absolute Gasteiger partial charge is 0.178 e. The fourth-order valence-electron chi connectivity index (χ4n) is 3.27. The summed E-state index contributed by atoms with van der Waals surface area (Å²) in [5, 5.41) is 16.2. The van der Waals surface area contributed by atoms with E-state index in [-0.39, 0.29) is 0 Å². The maximum Gasteiger partial charge on any atom is 0.178 e. The van der Waals surface area contributed by atoms with Crippen LogP contribution >= 0.6 is 0 Å². The van der Waals surface area contributed by atoms with Crippen LogP contribution in [0.1, 0.15) is 12.2 Å². The number of nitrogens with zero attached hydrogens (tertiary/aromatic N) is 5. The lowest BCUT2D eigenvalue weighted by atomic mass is 10.2. The number of nitrogens with one attached hydrogen (secondary N) is 1. The summed E-state index contributed by atoms with van der Waals surface area (Å²) in [5.74, 6) is 3.20. The van der Waals surface area contributed by atoms with Crippen LogP contribution in [0.25, 0.3) is 5.65 Å². The van der Waals surface area contributed by atoms with Crippen LogP contribution in [0.15, 0.2) is 30.3 Å². The quantitative estimate of drug-likeness (QED) is 0.752. The van der Waals surface area contributed by atoms with Gasteiger partial charge < -0.3 is 19.7 Å². The Bertz CT molecular complexity index is 903. The second-order valence-electron chi connectivity index (χ2n) is 6.38. The first-order valence-corrected chi connectivity index (χ1v) is 8.60. The molecule has 3 heterocycles. The van der Waals surface area contributed by atoms with Crippen molar-refractivity contribution in [1.82, 2.24) is 19.8 Å². The molecule has 3 aromatic rings. The molecule has 0 aliphatic carbocycles. The molecule has 1 aliphatic heterocycles. The third kappa shape index (κ3) is 3.10. The molecule has 0 amide bonds. The van der Waals surface area contributed by atoms with E-state index in [0.29, 0.717) is 6.04 Å². The van der Waals surface area contributed by atoms with Crippen molar-refractivity contribution < 1.29 is 9.47 Å². The van der Waals surface area contributed by atoms with Crippen LogP contribution in [0.4, 0.5) is 11.5 Å². The van der Waals surface area contributed by atoms with Gasteiger partial charge in [-0.25, -0.2) is 0 Å². The summed E-state index contributed by atoms with van der Waals surface area (Å²) >= 11 is 0. The number of rotatable bonds is 5. The summed E-state index contributed by atoms with van der Waals surface area (Å²) in [6, 6.07) is 10.1. The van der Waals surface area contributed by atoms with Crippen LogP contribution in [0.5, 0.6) is 11.5 Å². The largest absolute Gasteiger partial charge is 0.497 e. The molecule has 1 atom stereocenters. The zero-order chi connectivity index (χ0) is 18.1. The highest BCUT2D eigenvalue weighted by atomic mass is 16.5. The molecule has 1 fully saturated rings. The number of anilines is 2. The van der Waals surface area contributed by atoms with Crippen LogP contribution in [0.3, 0.4) is 0 Å². The first kappa shape index (κ1) is 16.4. The molecule has 8 heteroatoms. The molecule has 1 unspecified atom stereocenters. The van der Waals surface area contributed by atoms with Gasteiger partial charge in [-0.05, 0) is 25.5 Å². The van der Waals surface area contributed by atoms with Gasteiger partial charge in [-0.1, -0.05) is 0 Å². The van der Waals surface area contributed by atoms with Gasteiger partial charge in [0.15, 0.2) is 11.5 Å². The number of hydrogen-bond donors (Lipinski definition) is 1. The Balaban J connectivity index is 1.48. The normalized spacial score (nSPS) is 16.9. The maximum absolute atomic E-state index is 5.38. The fourth-order valence-corrected chi connectivity index (χ4v) is 3.27. The number of ether oxygens (including phenoxy) is 2. The van der Waals surface area contributed by atoms with E-state index in [9.17, 15) is 0 Å². The lowest BCUT2D eigenvalue weighted by molar-refractivity contribution is 0.394. The summed E-state index contributed by atoms with van der Waals surface area (Å²) in [6.45, 7) is 3.74. The summed E-state index contributed by atoms with van der Waals surface area (Å²) in [4.78, 5) is 2.32. The minimum absolute atomic E-state index is 0.314. The van der Waals surface area contributed by atoms with Gasteiger partial charge >= 0.3 is 0 Å². The van der Waals surface area contributed by atoms with Gasteiger partial charge in [-0.2, -0.15) is 4.52 Å². The molecule has 26 heavy (non-hydrogen) atoms. The summed E-state index contributed by atoms with van der Waals surface area (Å²) in [6.07, 6.45) is 1.03. The second kappa shape index (κ2) is 6.70. The summed E-state index contributed by atoms with van der Waals surface area (Å²) in [5.41, 5.74) is 1.85. The molecule has 4 rings (SSSR count). The van der Waals surface area contributed by atoms with Crippen molar-refractivity contribution in [1.29, 1.82) is 0 Å². The molecule has 136 valence electrons. The van der Waals surface area contributed by atoms with Gasteiger partial charge in [-0.3, -0.25) is 0 Å². The molecule has 0 bridgehead atoms. The molecule has 0 radical (unpaired) electrons. The van der Waals surface area contributed by atoms with Crippen molar-refractivity contribution in [3.8, 4) is 11.5 Å². The minimum atomic E-state index is 0.314. The summed E-state index contributed by atoms with van der Waals surface area (Å²) < 4.78 is 12.5. The first-order valence-electron chi connectivity index (χ1n) is 8.60. The van der Waals surface area contributed by atoms with E-state index >= 15 is 0 Å². The van der Waals surface area contributed by atoms with Gasteiger partial charge in [0.25, 0.3) is 0 Å². The SMILES string of the molecule is COc1cc(OC)cc(N2CCC(Nc3ccc4nnc(C)n4n3)C2)c1. The van der Waals surface area contributed by atoms with Gasteiger partial charge in [0, 0.05) is 43.0 Å². The number of fused-ring (bicyclic) bond motifs is 1. The van der Waals surface area contributed by atoms with E-state index in [1.54, 1.807) is 18.7 Å². The Morgan fingerprint density at radius 1 is 1.08 bits per heavy atom. The van der Waals surface area contributed by atoms with E-state index in [1.807, 2.05) is 37.3 Å². The predicted octanol–water partition coefficient (Wildman–Crippen LogP) is 2.14. The Kier molecular flexibility index (Phi) is 4.24. The van der Waals surface area contributed by atoms with Crippen molar-refractivity contribution in [2.24, 2.45) is 0 Å². The molecule has 2 aromatic heterocycles. The van der Waals surface area contributed by atoms with E-state index in [0.717, 1.165) is 54.0 Å². The first-order chi connectivity index (χ1) is 12.7. The van der Waals surface area contributed by atoms with Gasteiger partial charge in [-0.15, -0.1) is 15.3 Å². The van der Waals surface area contributed by atoms with Crippen LogP contribution in [-0.4, -0.2) is 53.2 Å². The minimum Gasteiger partial charge on any atom is -0.497 e. The highest BCUT2D eigenvalue weighted by Gasteiger charge is 2.24. The number of aromatic nitrogens is 4. The molecular weight excluding hydrogens is 332 g/mol. The zero-order valence-corrected chi connectivity index (χ0v) is 15.1. The highest BCUT2D eigenvalue weighted by Crippen LogP contribution is 2.30. The molecular formula is C18H22N6O2. The van der Waals surface area contributed by atoms with Crippen molar-refractivity contribution in [3.05, 3.63) is 36.2 Å². The fraction of sp³-hybridized carbons (Fsp3) is 0.389. The molecule has 1 saturated heterocycles. The molecule has 8 nitrogen and oxygen atoms in total. The number of aryl methyl sites for hydroxylation is 1. The summed E-state index contributed by atoms with van der Waals surface area (Å²) in [7, 11) is 3.34. The Morgan fingerprint density at radius 2 is 1.85 bits per heavy atom. The highest BCUT2D eigenvalue weighted by molar-refractivity contribution is 5.57. The zero-order valence-electron chi connectivity index (χ0n) is 15.1. The van der Waals surface area contributed by atoms with Gasteiger partial charge in [0.05, 0.1) is 14.2 Å². The van der Waals surface area contributed by atoms with Crippen molar-refractivity contribution >= 4 is 17.2 Å². The number of hydrogen-bond acceptors (Lipinski definition) is 7. The Labute approximate surface area is 151 Å². The van der Waals surface area contributed by atoms with Crippen LogP contribution in [0, 0.1) is 6.92 Å². The van der Waals surface area contributed by atoms with Crippen LogP contribution < -0.4 is 19.7 Å². The van der Waals surface area contributed by atoms with E-state index in [4.69, 9.17) is 9.47 Å². The second-order valence-corrected chi connectivity index (χ2v) is 6.38. The van der Waals surface area contributed by atoms with E-state index in [2.05, 4.69) is 25.5 Å². The van der Waals surface area contributed by atoms with Crippen molar-refractivity contribution in [3.63, 3.8) is 0 Å². The van der Waals surface area contributed by atoms with E-state index in [1.165, 1.54) is 0 Å². The third-order valence-electron chi connectivity index (χ3n) is 4.66.